The standard InChI is InChI=1S/C12H11N3O2/c13-11(16)8-3-5-9(6-4-8)15-12(17)10-2-1-7-14-10/h1-7,14H,(H2,13,16)(H,15,17). The molecule has 17 heavy (non-hydrogen) atoms. The van der Waals surface area contributed by atoms with Crippen molar-refractivity contribution in [2.24, 2.45) is 5.73 Å². The minimum Gasteiger partial charge on any atom is -0.366 e. The van der Waals surface area contributed by atoms with Crippen molar-refractivity contribution in [3.05, 3.63) is 53.9 Å². The lowest BCUT2D eigenvalue weighted by atomic mass is 10.2. The molecule has 4 N–H and O–H groups in total. The lowest BCUT2D eigenvalue weighted by molar-refractivity contribution is 0.0998. The molecule has 0 saturated heterocycles. The molecule has 1 aromatic carbocycles. The molecule has 0 radical (unpaired) electrons. The van der Waals surface area contributed by atoms with E-state index < -0.39 is 5.91 Å². The minimum atomic E-state index is -0.493. The van der Waals surface area contributed by atoms with Gasteiger partial charge in [0.05, 0.1) is 0 Å². The molecule has 86 valence electrons. The molecule has 0 aliphatic rings. The molecule has 0 bridgehead atoms. The van der Waals surface area contributed by atoms with Crippen LogP contribution in [-0.4, -0.2) is 16.8 Å². The van der Waals surface area contributed by atoms with Gasteiger partial charge in [0.15, 0.2) is 0 Å². The van der Waals surface area contributed by atoms with E-state index >= 15 is 0 Å². The number of hydrogen-bond acceptors (Lipinski definition) is 2. The molecule has 2 rings (SSSR count). The van der Waals surface area contributed by atoms with E-state index in [1.54, 1.807) is 42.6 Å². The first-order chi connectivity index (χ1) is 8.16. The Bertz CT molecular complexity index is 529. The largest absolute Gasteiger partial charge is 0.366 e. The number of aromatic nitrogens is 1. The van der Waals surface area contributed by atoms with Crippen LogP contribution in [0.2, 0.25) is 0 Å². The Hall–Kier alpha value is -2.56. The number of H-pyrrole nitrogens is 1. The van der Waals surface area contributed by atoms with Crippen LogP contribution in [0.4, 0.5) is 5.69 Å². The van der Waals surface area contributed by atoms with E-state index in [0.29, 0.717) is 16.9 Å². The lowest BCUT2D eigenvalue weighted by Crippen LogP contribution is -2.13. The third kappa shape index (κ3) is 2.52. The number of primary amides is 1. The Kier molecular flexibility index (Phi) is 2.91. The number of amides is 2. The second-order valence-electron chi connectivity index (χ2n) is 3.48. The highest BCUT2D eigenvalue weighted by molar-refractivity contribution is 6.03. The van der Waals surface area contributed by atoms with Gasteiger partial charge in [0.1, 0.15) is 5.69 Å². The van der Waals surface area contributed by atoms with Crippen LogP contribution in [0.3, 0.4) is 0 Å². The third-order valence-corrected chi connectivity index (χ3v) is 2.27. The molecule has 1 heterocycles. The fraction of sp³-hybridized carbons (Fsp3) is 0. The Morgan fingerprint density at radius 2 is 1.82 bits per heavy atom. The summed E-state index contributed by atoms with van der Waals surface area (Å²) in [5.74, 6) is -0.728. The van der Waals surface area contributed by atoms with Crippen molar-refractivity contribution in [3.8, 4) is 0 Å². The Morgan fingerprint density at radius 1 is 1.12 bits per heavy atom. The summed E-state index contributed by atoms with van der Waals surface area (Å²) in [7, 11) is 0. The van der Waals surface area contributed by atoms with Crippen molar-refractivity contribution in [1.29, 1.82) is 0 Å². The molecule has 5 heteroatoms. The first kappa shape index (κ1) is 10.9. The maximum Gasteiger partial charge on any atom is 0.272 e. The highest BCUT2D eigenvalue weighted by Gasteiger charge is 2.06. The van der Waals surface area contributed by atoms with Crippen molar-refractivity contribution in [3.63, 3.8) is 0 Å². The van der Waals surface area contributed by atoms with Gasteiger partial charge in [0, 0.05) is 17.4 Å². The quantitative estimate of drug-likeness (QED) is 0.742. The SMILES string of the molecule is NC(=O)c1ccc(NC(=O)c2ccc[nH]2)cc1. The summed E-state index contributed by atoms with van der Waals surface area (Å²) in [5.41, 5.74) is 6.60. The van der Waals surface area contributed by atoms with Crippen molar-refractivity contribution in [1.82, 2.24) is 4.98 Å². The highest BCUT2D eigenvalue weighted by atomic mass is 16.2. The molecular formula is C12H11N3O2. The molecule has 0 atom stereocenters. The molecule has 0 unspecified atom stereocenters. The maximum atomic E-state index is 11.7. The zero-order valence-corrected chi connectivity index (χ0v) is 8.94. The van der Waals surface area contributed by atoms with E-state index in [1.165, 1.54) is 0 Å². The van der Waals surface area contributed by atoms with Crippen molar-refractivity contribution < 1.29 is 9.59 Å². The van der Waals surface area contributed by atoms with Crippen LogP contribution in [0.5, 0.6) is 0 Å². The lowest BCUT2D eigenvalue weighted by Gasteiger charge is -2.04. The van der Waals surface area contributed by atoms with Crippen LogP contribution in [0.15, 0.2) is 42.6 Å². The number of aromatic amines is 1. The molecule has 0 fully saturated rings. The molecule has 0 spiro atoms. The second kappa shape index (κ2) is 4.52. The summed E-state index contributed by atoms with van der Waals surface area (Å²) < 4.78 is 0. The zero-order chi connectivity index (χ0) is 12.3. The van der Waals surface area contributed by atoms with Gasteiger partial charge in [-0.1, -0.05) is 0 Å². The summed E-state index contributed by atoms with van der Waals surface area (Å²) in [4.78, 5) is 25.3. The molecule has 5 nitrogen and oxygen atoms in total. The highest BCUT2D eigenvalue weighted by Crippen LogP contribution is 2.10. The van der Waals surface area contributed by atoms with Gasteiger partial charge in [0.25, 0.3) is 5.91 Å². The van der Waals surface area contributed by atoms with E-state index in [2.05, 4.69) is 10.3 Å². The van der Waals surface area contributed by atoms with E-state index in [1.807, 2.05) is 0 Å². The van der Waals surface area contributed by atoms with Gasteiger partial charge in [-0.2, -0.15) is 0 Å². The monoisotopic (exact) mass is 229 g/mol. The van der Waals surface area contributed by atoms with Gasteiger partial charge >= 0.3 is 0 Å². The van der Waals surface area contributed by atoms with Crippen LogP contribution in [-0.2, 0) is 0 Å². The second-order valence-corrected chi connectivity index (χ2v) is 3.48. The number of hydrogen-bond donors (Lipinski definition) is 3. The summed E-state index contributed by atoms with van der Waals surface area (Å²) in [6.45, 7) is 0. The molecule has 1 aromatic heterocycles. The molecule has 0 aliphatic carbocycles. The fourth-order valence-electron chi connectivity index (χ4n) is 1.39. The van der Waals surface area contributed by atoms with Crippen LogP contribution in [0, 0.1) is 0 Å². The Balaban J connectivity index is 2.09. The van der Waals surface area contributed by atoms with E-state index in [9.17, 15) is 9.59 Å². The summed E-state index contributed by atoms with van der Waals surface area (Å²) >= 11 is 0. The van der Waals surface area contributed by atoms with Crippen molar-refractivity contribution in [2.45, 2.75) is 0 Å². The molecule has 0 aliphatic heterocycles. The first-order valence-corrected chi connectivity index (χ1v) is 5.01. The van der Waals surface area contributed by atoms with Gasteiger partial charge in [-0.3, -0.25) is 9.59 Å². The predicted octanol–water partition coefficient (Wildman–Crippen LogP) is 1.37. The summed E-state index contributed by atoms with van der Waals surface area (Å²) in [6.07, 6.45) is 1.67. The number of anilines is 1. The number of benzene rings is 1. The predicted molar refractivity (Wildman–Crippen MR) is 63.7 cm³/mol. The maximum absolute atomic E-state index is 11.7. The Labute approximate surface area is 97.6 Å². The molecule has 2 amide bonds. The molecular weight excluding hydrogens is 218 g/mol. The average Bonchev–Trinajstić information content (AvgIpc) is 2.83. The van der Waals surface area contributed by atoms with Gasteiger partial charge in [-0.25, -0.2) is 0 Å². The number of rotatable bonds is 3. The summed E-state index contributed by atoms with van der Waals surface area (Å²) in [6, 6.07) is 9.79. The topological polar surface area (TPSA) is 88.0 Å². The van der Waals surface area contributed by atoms with Crippen LogP contribution < -0.4 is 11.1 Å². The van der Waals surface area contributed by atoms with E-state index in [4.69, 9.17) is 5.73 Å². The molecule has 0 saturated carbocycles. The van der Waals surface area contributed by atoms with Gasteiger partial charge in [-0.15, -0.1) is 0 Å². The van der Waals surface area contributed by atoms with Gasteiger partial charge in [0.2, 0.25) is 5.91 Å². The average molecular weight is 229 g/mol. The van der Waals surface area contributed by atoms with Crippen molar-refractivity contribution >= 4 is 17.5 Å². The smallest absolute Gasteiger partial charge is 0.272 e. The Morgan fingerprint density at radius 3 is 2.35 bits per heavy atom. The minimum absolute atomic E-state index is 0.234. The number of carbonyl (C=O) groups excluding carboxylic acids is 2. The number of nitrogens with two attached hydrogens (primary N) is 1. The third-order valence-electron chi connectivity index (χ3n) is 2.27. The van der Waals surface area contributed by atoms with Crippen LogP contribution in [0.25, 0.3) is 0 Å². The zero-order valence-electron chi connectivity index (χ0n) is 8.94. The van der Waals surface area contributed by atoms with Gasteiger partial charge < -0.3 is 16.0 Å². The summed E-state index contributed by atoms with van der Waals surface area (Å²) in [5, 5.41) is 2.69. The van der Waals surface area contributed by atoms with E-state index in [0.717, 1.165) is 0 Å². The number of nitrogens with one attached hydrogen (secondary N) is 2. The first-order valence-electron chi connectivity index (χ1n) is 5.01. The van der Waals surface area contributed by atoms with Crippen molar-refractivity contribution in [2.75, 3.05) is 5.32 Å². The van der Waals surface area contributed by atoms with Crippen LogP contribution >= 0.6 is 0 Å². The normalized spacial score (nSPS) is 9.88. The van der Waals surface area contributed by atoms with Crippen LogP contribution in [0.1, 0.15) is 20.8 Å². The molecule has 2 aromatic rings. The fourth-order valence-corrected chi connectivity index (χ4v) is 1.39. The van der Waals surface area contributed by atoms with E-state index in [-0.39, 0.29) is 5.91 Å². The van der Waals surface area contributed by atoms with Gasteiger partial charge in [-0.05, 0) is 36.4 Å². The number of carbonyl (C=O) groups is 2.